The van der Waals surface area contributed by atoms with Gasteiger partial charge in [-0.25, -0.2) is 0 Å². The maximum Gasteiger partial charge on any atom is 0.311 e. The van der Waals surface area contributed by atoms with Crippen LogP contribution in [0.25, 0.3) is 0 Å². The van der Waals surface area contributed by atoms with E-state index in [1.54, 1.807) is 0 Å². The van der Waals surface area contributed by atoms with Gasteiger partial charge in [0.15, 0.2) is 0 Å². The molecule has 0 saturated carbocycles. The van der Waals surface area contributed by atoms with E-state index in [1.807, 2.05) is 12.1 Å². The highest BCUT2D eigenvalue weighted by Crippen LogP contribution is 2.41. The third-order valence-corrected chi connectivity index (χ3v) is 5.47. The Kier molecular flexibility index (Phi) is 9.04. The van der Waals surface area contributed by atoms with Crippen LogP contribution in [0.2, 0.25) is 0 Å². The highest BCUT2D eigenvalue weighted by Gasteiger charge is 2.27. The number of hydrogen-bond acceptors (Lipinski definition) is 3. The minimum absolute atomic E-state index is 0.184. The van der Waals surface area contributed by atoms with Crippen molar-refractivity contribution >= 4 is 5.97 Å². The van der Waals surface area contributed by atoms with Gasteiger partial charge in [0.2, 0.25) is 0 Å². The fourth-order valence-electron chi connectivity index (χ4n) is 3.57. The van der Waals surface area contributed by atoms with E-state index in [4.69, 9.17) is 4.74 Å². The zero-order chi connectivity index (χ0) is 21.5. The normalized spacial score (nSPS) is 13.4. The topological polar surface area (TPSA) is 46.5 Å². The zero-order valence-corrected chi connectivity index (χ0v) is 19.4. The predicted molar refractivity (Wildman–Crippen MR) is 118 cm³/mol. The Labute approximate surface area is 172 Å². The Bertz CT molecular complexity index is 597. The summed E-state index contributed by atoms with van der Waals surface area (Å²) in [5.74, 6) is 1.37. The average Bonchev–Trinajstić information content (AvgIpc) is 2.57. The maximum absolute atomic E-state index is 12.4. The van der Waals surface area contributed by atoms with Crippen molar-refractivity contribution in [2.45, 2.75) is 111 Å². The first-order valence-corrected chi connectivity index (χ1v) is 11.0. The number of carbonyl (C=O) groups is 1. The van der Waals surface area contributed by atoms with E-state index in [0.29, 0.717) is 23.8 Å². The quantitative estimate of drug-likeness (QED) is 0.356. The van der Waals surface area contributed by atoms with Gasteiger partial charge in [-0.05, 0) is 41.7 Å². The monoisotopic (exact) mass is 390 g/mol. The van der Waals surface area contributed by atoms with Crippen molar-refractivity contribution in [1.82, 2.24) is 0 Å². The molecule has 0 bridgehead atoms. The molecule has 0 aliphatic rings. The standard InChI is InChI=1S/C25H42O3/c1-9-11-13-18(10-2)14-12-15-22(26)28-19-16-20(24(3,4)5)23(27)21(17-19)25(6,7)8/h16-18,27H,9-15H2,1-8H3. The molecule has 1 atom stereocenters. The molecule has 0 radical (unpaired) electrons. The van der Waals surface area contributed by atoms with E-state index in [-0.39, 0.29) is 16.8 Å². The molecule has 1 rings (SSSR count). The lowest BCUT2D eigenvalue weighted by Gasteiger charge is -2.28. The molecule has 0 spiro atoms. The third-order valence-electron chi connectivity index (χ3n) is 5.47. The fraction of sp³-hybridized carbons (Fsp3) is 0.720. The van der Waals surface area contributed by atoms with Gasteiger partial charge in [0.05, 0.1) is 0 Å². The molecule has 0 aliphatic carbocycles. The molecule has 160 valence electrons. The molecule has 1 aromatic rings. The Morgan fingerprint density at radius 1 is 0.964 bits per heavy atom. The summed E-state index contributed by atoms with van der Waals surface area (Å²) in [6, 6.07) is 3.64. The van der Waals surface area contributed by atoms with Crippen molar-refractivity contribution in [1.29, 1.82) is 0 Å². The lowest BCUT2D eigenvalue weighted by molar-refractivity contribution is -0.134. The zero-order valence-electron chi connectivity index (χ0n) is 19.4. The first-order chi connectivity index (χ1) is 12.9. The van der Waals surface area contributed by atoms with Crippen molar-refractivity contribution < 1.29 is 14.6 Å². The molecule has 0 amide bonds. The highest BCUT2D eigenvalue weighted by molar-refractivity contribution is 5.72. The van der Waals surface area contributed by atoms with Crippen LogP contribution in [0.4, 0.5) is 0 Å². The highest BCUT2D eigenvalue weighted by atomic mass is 16.5. The van der Waals surface area contributed by atoms with Crippen LogP contribution in [-0.2, 0) is 15.6 Å². The number of hydrogen-bond donors (Lipinski definition) is 1. The van der Waals surface area contributed by atoms with Gasteiger partial charge in [0, 0.05) is 17.5 Å². The van der Waals surface area contributed by atoms with Gasteiger partial charge >= 0.3 is 5.97 Å². The molecule has 1 N–H and O–H groups in total. The lowest BCUT2D eigenvalue weighted by Crippen LogP contribution is -2.18. The van der Waals surface area contributed by atoms with Gasteiger partial charge in [0.25, 0.3) is 0 Å². The molecule has 3 nitrogen and oxygen atoms in total. The van der Waals surface area contributed by atoms with Crippen LogP contribution < -0.4 is 4.74 Å². The molecule has 0 fully saturated rings. The number of unbranched alkanes of at least 4 members (excludes halogenated alkanes) is 1. The Balaban J connectivity index is 2.86. The van der Waals surface area contributed by atoms with Gasteiger partial charge in [-0.3, -0.25) is 4.79 Å². The second kappa shape index (κ2) is 10.3. The molecular formula is C25H42O3. The number of aromatic hydroxyl groups is 1. The molecule has 0 aliphatic heterocycles. The Hall–Kier alpha value is -1.51. The first-order valence-electron chi connectivity index (χ1n) is 11.0. The smallest absolute Gasteiger partial charge is 0.311 e. The van der Waals surface area contributed by atoms with E-state index >= 15 is 0 Å². The minimum Gasteiger partial charge on any atom is -0.507 e. The van der Waals surface area contributed by atoms with Crippen LogP contribution in [0.3, 0.4) is 0 Å². The van der Waals surface area contributed by atoms with E-state index in [1.165, 1.54) is 25.7 Å². The first kappa shape index (κ1) is 24.5. The van der Waals surface area contributed by atoms with Crippen molar-refractivity contribution in [2.24, 2.45) is 5.92 Å². The molecular weight excluding hydrogens is 348 g/mol. The summed E-state index contributed by atoms with van der Waals surface area (Å²) in [7, 11) is 0. The van der Waals surface area contributed by atoms with E-state index < -0.39 is 0 Å². The molecule has 3 heteroatoms. The van der Waals surface area contributed by atoms with E-state index in [0.717, 1.165) is 24.0 Å². The lowest BCUT2D eigenvalue weighted by atomic mass is 9.79. The number of rotatable bonds is 9. The summed E-state index contributed by atoms with van der Waals surface area (Å²) >= 11 is 0. The summed E-state index contributed by atoms with van der Waals surface area (Å²) in [4.78, 5) is 12.4. The van der Waals surface area contributed by atoms with Gasteiger partial charge in [0.1, 0.15) is 11.5 Å². The van der Waals surface area contributed by atoms with Crippen molar-refractivity contribution in [3.05, 3.63) is 23.3 Å². The second-order valence-electron chi connectivity index (χ2n) is 10.1. The number of ether oxygens (including phenoxy) is 1. The van der Waals surface area contributed by atoms with Gasteiger partial charge in [-0.2, -0.15) is 0 Å². The van der Waals surface area contributed by atoms with Crippen LogP contribution in [0.15, 0.2) is 12.1 Å². The van der Waals surface area contributed by atoms with Gasteiger partial charge in [-0.1, -0.05) is 81.1 Å². The Morgan fingerprint density at radius 3 is 1.89 bits per heavy atom. The molecule has 1 aromatic carbocycles. The number of carbonyl (C=O) groups excluding carboxylic acids is 1. The molecule has 0 aromatic heterocycles. The van der Waals surface area contributed by atoms with Gasteiger partial charge in [-0.15, -0.1) is 0 Å². The minimum atomic E-state index is -0.236. The van der Waals surface area contributed by atoms with Crippen LogP contribution in [0.1, 0.15) is 111 Å². The predicted octanol–water partition coefficient (Wildman–Crippen LogP) is 7.28. The van der Waals surface area contributed by atoms with Crippen molar-refractivity contribution in [3.63, 3.8) is 0 Å². The molecule has 0 heterocycles. The van der Waals surface area contributed by atoms with E-state index in [9.17, 15) is 9.90 Å². The maximum atomic E-state index is 12.4. The summed E-state index contributed by atoms with van der Waals surface area (Å²) in [6.45, 7) is 16.8. The van der Waals surface area contributed by atoms with Crippen LogP contribution >= 0.6 is 0 Å². The summed E-state index contributed by atoms with van der Waals surface area (Å²) in [5.41, 5.74) is 1.15. The van der Waals surface area contributed by atoms with Gasteiger partial charge < -0.3 is 9.84 Å². The molecule has 1 unspecified atom stereocenters. The second-order valence-corrected chi connectivity index (χ2v) is 10.1. The van der Waals surface area contributed by atoms with Crippen molar-refractivity contribution in [3.8, 4) is 11.5 Å². The third kappa shape index (κ3) is 7.48. The fourth-order valence-corrected chi connectivity index (χ4v) is 3.57. The molecule has 28 heavy (non-hydrogen) atoms. The van der Waals surface area contributed by atoms with Crippen LogP contribution in [0, 0.1) is 5.92 Å². The van der Waals surface area contributed by atoms with Crippen molar-refractivity contribution in [2.75, 3.05) is 0 Å². The largest absolute Gasteiger partial charge is 0.507 e. The number of esters is 1. The summed E-state index contributed by atoms with van der Waals surface area (Å²) < 4.78 is 5.69. The van der Waals surface area contributed by atoms with Crippen LogP contribution in [0.5, 0.6) is 11.5 Å². The number of phenols is 1. The number of benzene rings is 1. The number of phenolic OH excluding ortho intramolecular Hbond substituents is 1. The van der Waals surface area contributed by atoms with E-state index in [2.05, 4.69) is 55.4 Å². The SMILES string of the molecule is CCCCC(CC)CCCC(=O)Oc1cc(C(C)(C)C)c(O)c(C(C)(C)C)c1. The summed E-state index contributed by atoms with van der Waals surface area (Å²) in [5, 5.41) is 10.8. The van der Waals surface area contributed by atoms with Crippen LogP contribution in [-0.4, -0.2) is 11.1 Å². The average molecular weight is 391 g/mol. The summed E-state index contributed by atoms with van der Waals surface area (Å²) in [6.07, 6.45) is 7.33. The molecule has 0 saturated heterocycles. The Morgan fingerprint density at radius 2 is 1.46 bits per heavy atom.